The lowest BCUT2D eigenvalue weighted by atomic mass is 9.91. The first-order chi connectivity index (χ1) is 12.0. The molecule has 3 nitrogen and oxygen atoms in total. The molecule has 0 saturated carbocycles. The Balaban J connectivity index is 1.69. The van der Waals surface area contributed by atoms with Crippen molar-refractivity contribution in [2.75, 3.05) is 13.1 Å². The van der Waals surface area contributed by atoms with E-state index in [9.17, 15) is 8.42 Å². The quantitative estimate of drug-likeness (QED) is 0.703. The van der Waals surface area contributed by atoms with Gasteiger partial charge in [0.05, 0.1) is 4.90 Å². The third-order valence-electron chi connectivity index (χ3n) is 4.96. The highest BCUT2D eigenvalue weighted by Crippen LogP contribution is 2.29. The van der Waals surface area contributed by atoms with Gasteiger partial charge in [-0.15, -0.1) is 0 Å². The highest BCUT2D eigenvalue weighted by molar-refractivity contribution is 9.10. The van der Waals surface area contributed by atoms with Crippen LogP contribution in [-0.2, 0) is 22.9 Å². The van der Waals surface area contributed by atoms with E-state index in [4.69, 9.17) is 0 Å². The van der Waals surface area contributed by atoms with Gasteiger partial charge < -0.3 is 0 Å². The molecule has 5 heteroatoms. The van der Waals surface area contributed by atoms with Crippen LogP contribution in [0.1, 0.15) is 30.9 Å². The lowest BCUT2D eigenvalue weighted by molar-refractivity contribution is 0.272. The monoisotopic (exact) mass is 421 g/mol. The smallest absolute Gasteiger partial charge is 0.207 e. The number of benzene rings is 2. The summed E-state index contributed by atoms with van der Waals surface area (Å²) >= 11 is 3.43. The van der Waals surface area contributed by atoms with Crippen molar-refractivity contribution < 1.29 is 8.42 Å². The minimum absolute atomic E-state index is 0.458. The second kappa shape index (κ2) is 8.02. The predicted molar refractivity (Wildman–Crippen MR) is 105 cm³/mol. The van der Waals surface area contributed by atoms with Gasteiger partial charge in [0, 0.05) is 17.6 Å². The number of piperidine rings is 1. The molecule has 0 aliphatic carbocycles. The van der Waals surface area contributed by atoms with E-state index in [0.29, 0.717) is 30.3 Å². The van der Waals surface area contributed by atoms with Crippen LogP contribution in [0.3, 0.4) is 0 Å². The summed E-state index contributed by atoms with van der Waals surface area (Å²) in [5, 5.41) is 0. The van der Waals surface area contributed by atoms with Gasteiger partial charge in [0.1, 0.15) is 0 Å². The van der Waals surface area contributed by atoms with Crippen molar-refractivity contribution in [3.05, 3.63) is 64.1 Å². The molecule has 2 aromatic carbocycles. The Morgan fingerprint density at radius 2 is 1.76 bits per heavy atom. The maximum atomic E-state index is 13.1. The van der Waals surface area contributed by atoms with Gasteiger partial charge in [-0.1, -0.05) is 53.2 Å². The molecule has 0 N–H and O–H groups in total. The van der Waals surface area contributed by atoms with Crippen LogP contribution in [0, 0.1) is 5.92 Å². The summed E-state index contributed by atoms with van der Waals surface area (Å²) in [5.41, 5.74) is 2.21. The van der Waals surface area contributed by atoms with Gasteiger partial charge in [-0.05, 0) is 60.9 Å². The molecule has 1 aliphatic heterocycles. The topological polar surface area (TPSA) is 37.4 Å². The fraction of sp³-hybridized carbons (Fsp3) is 0.400. The Morgan fingerprint density at radius 3 is 2.40 bits per heavy atom. The number of nitrogens with zero attached hydrogens (tertiary/aromatic N) is 1. The van der Waals surface area contributed by atoms with Crippen LogP contribution in [0.2, 0.25) is 0 Å². The molecule has 3 rings (SSSR count). The normalized spacial score (nSPS) is 16.9. The Bertz CT molecular complexity index is 813. The number of halogens is 1. The number of aryl methyl sites for hydroxylation is 1. The minimum atomic E-state index is -3.41. The summed E-state index contributed by atoms with van der Waals surface area (Å²) in [6.45, 7) is 3.21. The number of hydrogen-bond donors (Lipinski definition) is 0. The molecule has 1 aliphatic rings. The van der Waals surface area contributed by atoms with Gasteiger partial charge in [-0.2, -0.15) is 4.31 Å². The van der Waals surface area contributed by atoms with Gasteiger partial charge >= 0.3 is 0 Å². The summed E-state index contributed by atoms with van der Waals surface area (Å²) in [6, 6.07) is 15.9. The van der Waals surface area contributed by atoms with E-state index >= 15 is 0 Å². The molecule has 134 valence electrons. The summed E-state index contributed by atoms with van der Waals surface area (Å²) in [5.74, 6) is 0.560. The van der Waals surface area contributed by atoms with Crippen LogP contribution in [0.25, 0.3) is 0 Å². The highest BCUT2D eigenvalue weighted by atomic mass is 79.9. The van der Waals surface area contributed by atoms with Gasteiger partial charge in [0.2, 0.25) is 10.0 Å². The molecule has 0 unspecified atom stereocenters. The molecule has 25 heavy (non-hydrogen) atoms. The second-order valence-corrected chi connectivity index (χ2v) is 9.46. The van der Waals surface area contributed by atoms with Gasteiger partial charge in [-0.3, -0.25) is 0 Å². The summed E-state index contributed by atoms with van der Waals surface area (Å²) in [7, 11) is -3.41. The third kappa shape index (κ3) is 4.33. The third-order valence-corrected chi connectivity index (χ3v) is 7.45. The summed E-state index contributed by atoms with van der Waals surface area (Å²) in [4.78, 5) is 0.458. The first kappa shape index (κ1) is 18.6. The van der Waals surface area contributed by atoms with Crippen LogP contribution in [-0.4, -0.2) is 25.8 Å². The van der Waals surface area contributed by atoms with Crippen LogP contribution >= 0.6 is 15.9 Å². The van der Waals surface area contributed by atoms with Crippen molar-refractivity contribution in [3.63, 3.8) is 0 Å². The molecule has 1 saturated heterocycles. The van der Waals surface area contributed by atoms with Gasteiger partial charge in [0.15, 0.2) is 0 Å². The first-order valence-electron chi connectivity index (χ1n) is 8.83. The standard InChI is InChI=1S/C20H24BrNO2S/c1-2-18-15-19(21)8-9-20(18)25(23,24)22-12-10-17(11-13-22)14-16-6-4-3-5-7-16/h3-9,15,17H,2,10-14H2,1H3. The zero-order valence-electron chi connectivity index (χ0n) is 14.5. The molecule has 0 bridgehead atoms. The predicted octanol–water partition coefficient (Wildman–Crippen LogP) is 4.65. The number of sulfonamides is 1. The highest BCUT2D eigenvalue weighted by Gasteiger charge is 2.30. The van der Waals surface area contributed by atoms with Crippen molar-refractivity contribution in [3.8, 4) is 0 Å². The fourth-order valence-electron chi connectivity index (χ4n) is 3.52. The van der Waals surface area contributed by atoms with Crippen molar-refractivity contribution in [1.82, 2.24) is 4.31 Å². The number of rotatable bonds is 5. The molecule has 1 heterocycles. The number of hydrogen-bond acceptors (Lipinski definition) is 2. The largest absolute Gasteiger partial charge is 0.243 e. The van der Waals surface area contributed by atoms with Crippen LogP contribution in [0.4, 0.5) is 0 Å². The Labute approximate surface area is 159 Å². The average molecular weight is 422 g/mol. The molecule has 1 fully saturated rings. The van der Waals surface area contributed by atoms with Crippen molar-refractivity contribution >= 4 is 26.0 Å². The Kier molecular flexibility index (Phi) is 5.97. The van der Waals surface area contributed by atoms with E-state index in [1.807, 2.05) is 25.1 Å². The van der Waals surface area contributed by atoms with Crippen LogP contribution in [0.15, 0.2) is 57.9 Å². The lowest BCUT2D eigenvalue weighted by Crippen LogP contribution is -2.39. The van der Waals surface area contributed by atoms with Crippen molar-refractivity contribution in [2.45, 2.75) is 37.5 Å². The summed E-state index contributed by atoms with van der Waals surface area (Å²) in [6.07, 6.45) is 3.59. The molecule has 2 aromatic rings. The van der Waals surface area contributed by atoms with Crippen LogP contribution in [0.5, 0.6) is 0 Å². The van der Waals surface area contributed by atoms with Gasteiger partial charge in [0.25, 0.3) is 0 Å². The first-order valence-corrected chi connectivity index (χ1v) is 11.1. The van der Waals surface area contributed by atoms with E-state index < -0.39 is 10.0 Å². The fourth-order valence-corrected chi connectivity index (χ4v) is 5.67. The SMILES string of the molecule is CCc1cc(Br)ccc1S(=O)(=O)N1CCC(Cc2ccccc2)CC1. The lowest BCUT2D eigenvalue weighted by Gasteiger charge is -2.31. The molecular formula is C20H24BrNO2S. The average Bonchev–Trinajstić information content (AvgIpc) is 2.62. The second-order valence-electron chi connectivity index (χ2n) is 6.64. The Morgan fingerprint density at radius 1 is 1.08 bits per heavy atom. The Hall–Kier alpha value is -1.17. The molecule has 0 amide bonds. The van der Waals surface area contributed by atoms with E-state index in [1.54, 1.807) is 10.4 Å². The minimum Gasteiger partial charge on any atom is -0.207 e. The molecule has 0 radical (unpaired) electrons. The van der Waals surface area contributed by atoms with Crippen molar-refractivity contribution in [2.24, 2.45) is 5.92 Å². The zero-order valence-corrected chi connectivity index (χ0v) is 16.9. The van der Waals surface area contributed by atoms with E-state index in [-0.39, 0.29) is 0 Å². The maximum Gasteiger partial charge on any atom is 0.243 e. The zero-order chi connectivity index (χ0) is 17.9. The molecule has 0 aromatic heterocycles. The molecular weight excluding hydrogens is 398 g/mol. The molecule has 0 atom stereocenters. The van der Waals surface area contributed by atoms with E-state index in [0.717, 1.165) is 29.3 Å². The van der Waals surface area contributed by atoms with Gasteiger partial charge in [-0.25, -0.2) is 8.42 Å². The summed E-state index contributed by atoms with van der Waals surface area (Å²) < 4.78 is 28.7. The van der Waals surface area contributed by atoms with E-state index in [1.165, 1.54) is 5.56 Å². The molecule has 0 spiro atoms. The van der Waals surface area contributed by atoms with E-state index in [2.05, 4.69) is 40.2 Å². The van der Waals surface area contributed by atoms with Crippen LogP contribution < -0.4 is 0 Å². The van der Waals surface area contributed by atoms with Crippen molar-refractivity contribution in [1.29, 1.82) is 0 Å². The maximum absolute atomic E-state index is 13.1.